The van der Waals surface area contributed by atoms with Gasteiger partial charge in [0.1, 0.15) is 5.75 Å². The maximum Gasteiger partial charge on any atom is 0.418 e. The van der Waals surface area contributed by atoms with Gasteiger partial charge in [-0.2, -0.15) is 9.36 Å². The maximum atomic E-state index is 11.3. The SMILES string of the molecule is COc1ccc(N(C(=O)O)c2nc(Br)ns2)cc1. The second-order valence-corrected chi connectivity index (χ2v) is 4.60. The van der Waals surface area contributed by atoms with Crippen molar-refractivity contribution in [3.8, 4) is 5.75 Å². The number of nitrogens with zero attached hydrogens (tertiary/aromatic N) is 3. The predicted octanol–water partition coefficient (Wildman–Crippen LogP) is 3.13. The third-order valence-corrected chi connectivity index (χ3v) is 3.39. The zero-order valence-corrected chi connectivity index (χ0v) is 11.6. The first kappa shape index (κ1) is 12.8. The summed E-state index contributed by atoms with van der Waals surface area (Å²) in [5.41, 5.74) is 0.479. The average molecular weight is 330 g/mol. The Bertz CT molecular complexity index is 558. The lowest BCUT2D eigenvalue weighted by Gasteiger charge is -2.15. The summed E-state index contributed by atoms with van der Waals surface area (Å²) < 4.78 is 9.28. The highest BCUT2D eigenvalue weighted by Gasteiger charge is 2.20. The van der Waals surface area contributed by atoms with Gasteiger partial charge in [-0.25, -0.2) is 9.69 Å². The molecule has 1 aromatic carbocycles. The number of aromatic nitrogens is 2. The molecule has 1 amide bonds. The van der Waals surface area contributed by atoms with Crippen molar-refractivity contribution in [1.82, 2.24) is 9.36 Å². The lowest BCUT2D eigenvalue weighted by Crippen LogP contribution is -2.23. The van der Waals surface area contributed by atoms with Gasteiger partial charge in [0.2, 0.25) is 9.87 Å². The number of halogens is 1. The number of benzene rings is 1. The van der Waals surface area contributed by atoms with Crippen LogP contribution < -0.4 is 9.64 Å². The van der Waals surface area contributed by atoms with Crippen LogP contribution in [0.2, 0.25) is 0 Å². The van der Waals surface area contributed by atoms with Gasteiger partial charge in [-0.1, -0.05) is 0 Å². The molecule has 6 nitrogen and oxygen atoms in total. The quantitative estimate of drug-likeness (QED) is 0.936. The second kappa shape index (κ2) is 5.32. The maximum absolute atomic E-state index is 11.3. The molecule has 0 fully saturated rings. The minimum atomic E-state index is -1.12. The summed E-state index contributed by atoms with van der Waals surface area (Å²) >= 11 is 4.09. The number of ether oxygens (including phenoxy) is 1. The van der Waals surface area contributed by atoms with Crippen LogP contribution in [0.3, 0.4) is 0 Å². The van der Waals surface area contributed by atoms with Gasteiger partial charge in [-0.15, -0.1) is 0 Å². The fourth-order valence-corrected chi connectivity index (χ4v) is 2.42. The Kier molecular flexibility index (Phi) is 3.78. The van der Waals surface area contributed by atoms with E-state index in [0.717, 1.165) is 16.4 Å². The Labute approximate surface area is 115 Å². The van der Waals surface area contributed by atoms with Crippen molar-refractivity contribution in [2.24, 2.45) is 0 Å². The highest BCUT2D eigenvalue weighted by molar-refractivity contribution is 9.10. The van der Waals surface area contributed by atoms with Gasteiger partial charge in [-0.05, 0) is 40.2 Å². The molecule has 1 aromatic heterocycles. The molecule has 0 aliphatic carbocycles. The second-order valence-electron chi connectivity index (χ2n) is 3.16. The van der Waals surface area contributed by atoms with Crippen LogP contribution in [-0.2, 0) is 0 Å². The van der Waals surface area contributed by atoms with E-state index < -0.39 is 6.09 Å². The van der Waals surface area contributed by atoms with Crippen molar-refractivity contribution in [3.05, 3.63) is 29.0 Å². The Morgan fingerprint density at radius 1 is 1.44 bits per heavy atom. The Balaban J connectivity index is 2.38. The Morgan fingerprint density at radius 2 is 2.11 bits per heavy atom. The summed E-state index contributed by atoms with van der Waals surface area (Å²) in [6, 6.07) is 6.65. The van der Waals surface area contributed by atoms with E-state index in [1.54, 1.807) is 31.4 Å². The molecule has 0 aliphatic heterocycles. The number of rotatable bonds is 3. The van der Waals surface area contributed by atoms with Crippen molar-refractivity contribution in [3.63, 3.8) is 0 Å². The van der Waals surface area contributed by atoms with Crippen LogP contribution in [0.5, 0.6) is 5.75 Å². The molecule has 1 heterocycles. The van der Waals surface area contributed by atoms with Crippen LogP contribution >= 0.6 is 27.5 Å². The highest BCUT2D eigenvalue weighted by atomic mass is 79.9. The van der Waals surface area contributed by atoms with E-state index in [2.05, 4.69) is 25.3 Å². The summed E-state index contributed by atoms with van der Waals surface area (Å²) in [6.45, 7) is 0. The van der Waals surface area contributed by atoms with Gasteiger partial charge in [0.15, 0.2) is 0 Å². The average Bonchev–Trinajstić information content (AvgIpc) is 2.76. The largest absolute Gasteiger partial charge is 0.497 e. The Morgan fingerprint density at radius 3 is 2.56 bits per heavy atom. The predicted molar refractivity (Wildman–Crippen MR) is 70.8 cm³/mol. The van der Waals surface area contributed by atoms with Crippen LogP contribution in [0.15, 0.2) is 29.0 Å². The zero-order chi connectivity index (χ0) is 13.1. The molecule has 0 bridgehead atoms. The summed E-state index contributed by atoms with van der Waals surface area (Å²) in [5.74, 6) is 0.655. The third kappa shape index (κ3) is 2.59. The van der Waals surface area contributed by atoms with E-state index in [0.29, 0.717) is 16.2 Å². The number of carboxylic acid groups (broad SMARTS) is 1. The zero-order valence-electron chi connectivity index (χ0n) is 9.20. The third-order valence-electron chi connectivity index (χ3n) is 2.10. The molecule has 18 heavy (non-hydrogen) atoms. The fourth-order valence-electron chi connectivity index (χ4n) is 1.32. The molecule has 0 atom stereocenters. The van der Waals surface area contributed by atoms with Crippen molar-refractivity contribution in [2.45, 2.75) is 0 Å². The molecular weight excluding hydrogens is 322 g/mol. The molecule has 2 aromatic rings. The smallest absolute Gasteiger partial charge is 0.418 e. The van der Waals surface area contributed by atoms with Gasteiger partial charge in [0.25, 0.3) is 0 Å². The van der Waals surface area contributed by atoms with E-state index in [1.807, 2.05) is 0 Å². The number of hydrogen-bond donors (Lipinski definition) is 1. The van der Waals surface area contributed by atoms with Gasteiger partial charge in [-0.3, -0.25) is 0 Å². The van der Waals surface area contributed by atoms with Gasteiger partial charge in [0.05, 0.1) is 12.8 Å². The van der Waals surface area contributed by atoms with E-state index in [-0.39, 0.29) is 5.13 Å². The van der Waals surface area contributed by atoms with Crippen LogP contribution in [0.4, 0.5) is 15.6 Å². The van der Waals surface area contributed by atoms with Gasteiger partial charge in [0, 0.05) is 11.5 Å². The molecule has 0 unspecified atom stereocenters. The number of anilines is 2. The summed E-state index contributed by atoms with van der Waals surface area (Å²) in [7, 11) is 1.55. The molecular formula is C10H8BrN3O3S. The molecule has 0 radical (unpaired) electrons. The topological polar surface area (TPSA) is 75.5 Å². The van der Waals surface area contributed by atoms with Gasteiger partial charge < -0.3 is 9.84 Å². The first-order valence-corrected chi connectivity index (χ1v) is 6.35. The van der Waals surface area contributed by atoms with E-state index >= 15 is 0 Å². The number of hydrogen-bond acceptors (Lipinski definition) is 5. The Hall–Kier alpha value is -1.67. The van der Waals surface area contributed by atoms with Crippen LogP contribution in [0, 0.1) is 0 Å². The lowest BCUT2D eigenvalue weighted by molar-refractivity contribution is 0.205. The first-order chi connectivity index (χ1) is 8.61. The molecule has 0 aliphatic rings. The fraction of sp³-hybridized carbons (Fsp3) is 0.100. The summed E-state index contributed by atoms with van der Waals surface area (Å²) in [6.07, 6.45) is -1.12. The monoisotopic (exact) mass is 329 g/mol. The van der Waals surface area contributed by atoms with E-state index in [1.165, 1.54) is 0 Å². The molecule has 94 valence electrons. The molecule has 0 spiro atoms. The summed E-state index contributed by atoms with van der Waals surface area (Å²) in [5, 5.41) is 9.51. The number of carbonyl (C=O) groups is 1. The van der Waals surface area contributed by atoms with Gasteiger partial charge >= 0.3 is 6.09 Å². The summed E-state index contributed by atoms with van der Waals surface area (Å²) in [4.78, 5) is 16.3. The molecule has 0 saturated carbocycles. The van der Waals surface area contributed by atoms with Crippen molar-refractivity contribution < 1.29 is 14.6 Å². The normalized spacial score (nSPS) is 10.1. The van der Waals surface area contributed by atoms with Crippen molar-refractivity contribution >= 4 is 44.4 Å². The van der Waals surface area contributed by atoms with Crippen LogP contribution in [-0.4, -0.2) is 27.7 Å². The van der Waals surface area contributed by atoms with Crippen molar-refractivity contribution in [2.75, 3.05) is 12.0 Å². The van der Waals surface area contributed by atoms with Crippen molar-refractivity contribution in [1.29, 1.82) is 0 Å². The number of methoxy groups -OCH3 is 1. The lowest BCUT2D eigenvalue weighted by atomic mass is 10.3. The van der Waals surface area contributed by atoms with Crippen LogP contribution in [0.1, 0.15) is 0 Å². The molecule has 2 rings (SSSR count). The molecule has 1 N–H and O–H groups in total. The van der Waals surface area contributed by atoms with E-state index in [4.69, 9.17) is 4.74 Å². The standard InChI is InChI=1S/C10H8BrN3O3S/c1-17-7-4-2-6(3-5-7)14(10(15)16)9-12-8(11)13-18-9/h2-5H,1H3,(H,15,16). The number of amides is 1. The molecule has 0 saturated heterocycles. The minimum Gasteiger partial charge on any atom is -0.497 e. The van der Waals surface area contributed by atoms with Crippen LogP contribution in [0.25, 0.3) is 0 Å². The first-order valence-electron chi connectivity index (χ1n) is 4.78. The minimum absolute atomic E-state index is 0.277. The van der Waals surface area contributed by atoms with E-state index in [9.17, 15) is 9.90 Å². The highest BCUT2D eigenvalue weighted by Crippen LogP contribution is 2.29. The molecule has 8 heteroatoms.